The van der Waals surface area contributed by atoms with Crippen LogP contribution in [0, 0.1) is 0 Å². The van der Waals surface area contributed by atoms with E-state index in [0.29, 0.717) is 25.2 Å². The molecule has 0 amide bonds. The van der Waals surface area contributed by atoms with E-state index >= 15 is 0 Å². The molecule has 3 rings (SSSR count). The number of likely N-dealkylation sites (tertiary alicyclic amines) is 1. The summed E-state index contributed by atoms with van der Waals surface area (Å²) in [7, 11) is 0. The van der Waals surface area contributed by atoms with Crippen LogP contribution in [-0.2, 0) is 18.7 Å². The second-order valence-electron chi connectivity index (χ2n) is 6.52. The molecule has 8 nitrogen and oxygen atoms in total. The van der Waals surface area contributed by atoms with Crippen LogP contribution in [-0.4, -0.2) is 52.9 Å². The molecule has 1 fully saturated rings. The fourth-order valence-corrected chi connectivity index (χ4v) is 3.08. The van der Waals surface area contributed by atoms with Gasteiger partial charge in [0.1, 0.15) is 23.4 Å². The highest BCUT2D eigenvalue weighted by Gasteiger charge is 2.38. The van der Waals surface area contributed by atoms with Gasteiger partial charge in [-0.05, 0) is 40.2 Å². The molecule has 1 saturated heterocycles. The molecule has 0 aromatic carbocycles. The van der Waals surface area contributed by atoms with Gasteiger partial charge in [-0.3, -0.25) is 4.90 Å². The average molecular weight is 319 g/mol. The predicted octanol–water partition coefficient (Wildman–Crippen LogP) is 0.954. The normalized spacial score (nSPS) is 22.8. The highest BCUT2D eigenvalue weighted by atomic mass is 16.3. The molecule has 2 aromatic rings. The van der Waals surface area contributed by atoms with E-state index in [1.54, 1.807) is 11.0 Å². The Morgan fingerprint density at radius 2 is 2.22 bits per heavy atom. The Kier molecular flexibility index (Phi) is 4.45. The van der Waals surface area contributed by atoms with Crippen LogP contribution >= 0.6 is 0 Å². The van der Waals surface area contributed by atoms with Crippen molar-refractivity contribution in [2.75, 3.05) is 13.1 Å². The summed E-state index contributed by atoms with van der Waals surface area (Å²) < 4.78 is 3.68. The van der Waals surface area contributed by atoms with Crippen LogP contribution in [0.15, 0.2) is 12.5 Å². The summed E-state index contributed by atoms with van der Waals surface area (Å²) >= 11 is 0. The van der Waals surface area contributed by atoms with Crippen LogP contribution in [0.25, 0.3) is 0 Å². The molecule has 1 atom stereocenters. The highest BCUT2D eigenvalue weighted by Crippen LogP contribution is 2.31. The van der Waals surface area contributed by atoms with Gasteiger partial charge in [-0.25, -0.2) is 14.3 Å². The van der Waals surface area contributed by atoms with Gasteiger partial charge >= 0.3 is 0 Å². The van der Waals surface area contributed by atoms with Gasteiger partial charge in [0.15, 0.2) is 0 Å². The molecule has 0 bridgehead atoms. The number of hydrogen-bond donors (Lipinski definition) is 1. The minimum Gasteiger partial charge on any atom is -0.382 e. The number of aliphatic hydroxyl groups is 1. The fourth-order valence-electron chi connectivity index (χ4n) is 3.08. The fraction of sp³-hybridized carbons (Fsp3) is 0.733. The monoisotopic (exact) mass is 319 g/mol. The summed E-state index contributed by atoms with van der Waals surface area (Å²) in [6.07, 6.45) is 5.08. The van der Waals surface area contributed by atoms with Gasteiger partial charge in [0.05, 0.1) is 12.7 Å². The molecule has 1 aliphatic rings. The zero-order chi connectivity index (χ0) is 16.4. The number of nitrogens with zero attached hydrogens (tertiary/aromatic N) is 7. The van der Waals surface area contributed by atoms with E-state index in [-0.39, 0.29) is 6.04 Å². The van der Waals surface area contributed by atoms with Gasteiger partial charge in [0.2, 0.25) is 0 Å². The van der Waals surface area contributed by atoms with Crippen molar-refractivity contribution in [2.24, 2.45) is 0 Å². The Hall–Kier alpha value is -1.80. The van der Waals surface area contributed by atoms with Crippen LogP contribution in [0.3, 0.4) is 0 Å². The van der Waals surface area contributed by atoms with Crippen molar-refractivity contribution in [1.82, 2.24) is 34.7 Å². The molecule has 0 unspecified atom stereocenters. The molecule has 0 radical (unpaired) electrons. The first kappa shape index (κ1) is 16.1. The molecule has 8 heteroatoms. The second kappa shape index (κ2) is 6.37. The smallest absolute Gasteiger partial charge is 0.140 e. The third-order valence-electron chi connectivity index (χ3n) is 4.43. The molecule has 23 heavy (non-hydrogen) atoms. The van der Waals surface area contributed by atoms with E-state index in [4.69, 9.17) is 0 Å². The lowest BCUT2D eigenvalue weighted by Crippen LogP contribution is -2.46. The Balaban J connectivity index is 1.74. The third-order valence-corrected chi connectivity index (χ3v) is 4.43. The summed E-state index contributed by atoms with van der Waals surface area (Å²) in [6, 6.07) is 0.239. The molecule has 126 valence electrons. The number of aryl methyl sites for hydroxylation is 1. The molecule has 2 aromatic heterocycles. The van der Waals surface area contributed by atoms with Crippen LogP contribution in [0.2, 0.25) is 0 Å². The maximum absolute atomic E-state index is 11.1. The Morgan fingerprint density at radius 1 is 1.39 bits per heavy atom. The number of aromatic nitrogens is 6. The Morgan fingerprint density at radius 3 is 2.91 bits per heavy atom. The lowest BCUT2D eigenvalue weighted by molar-refractivity contribution is -0.0423. The van der Waals surface area contributed by atoms with Crippen molar-refractivity contribution in [3.05, 3.63) is 24.0 Å². The van der Waals surface area contributed by atoms with E-state index in [1.165, 1.54) is 0 Å². The number of hydrogen-bond acceptors (Lipinski definition) is 6. The quantitative estimate of drug-likeness (QED) is 0.883. The van der Waals surface area contributed by atoms with Gasteiger partial charge in [-0.2, -0.15) is 5.10 Å². The Labute approximate surface area is 136 Å². The van der Waals surface area contributed by atoms with Gasteiger partial charge in [-0.15, -0.1) is 5.10 Å². The largest absolute Gasteiger partial charge is 0.382 e. The molecule has 1 aliphatic heterocycles. The standard InChI is InChI=1S/C15H25N7O/c1-4-21-14(16-11-17-21)9-20-7-5-6-15(23,10-20)13-8-22(12(2)3)19-18-13/h8,11-12,23H,4-7,9-10H2,1-3H3/t15-/m1/s1. The van der Waals surface area contributed by atoms with Crippen molar-refractivity contribution in [2.45, 2.75) is 58.3 Å². The van der Waals surface area contributed by atoms with E-state index in [0.717, 1.165) is 25.3 Å². The first-order valence-electron chi connectivity index (χ1n) is 8.25. The zero-order valence-corrected chi connectivity index (χ0v) is 14.1. The van der Waals surface area contributed by atoms with Crippen molar-refractivity contribution in [3.63, 3.8) is 0 Å². The zero-order valence-electron chi connectivity index (χ0n) is 14.1. The van der Waals surface area contributed by atoms with Crippen LogP contribution in [0.1, 0.15) is 51.2 Å². The molecular weight excluding hydrogens is 294 g/mol. The number of rotatable bonds is 5. The third kappa shape index (κ3) is 3.28. The summed E-state index contributed by atoms with van der Waals surface area (Å²) in [5.41, 5.74) is -0.282. The van der Waals surface area contributed by atoms with E-state index in [2.05, 4.69) is 32.2 Å². The van der Waals surface area contributed by atoms with Gasteiger partial charge in [0, 0.05) is 19.1 Å². The number of β-amino-alcohol motifs (C(OH)–C–C–N with tert-alkyl or cyclic N) is 1. The second-order valence-corrected chi connectivity index (χ2v) is 6.52. The van der Waals surface area contributed by atoms with Crippen molar-refractivity contribution in [3.8, 4) is 0 Å². The number of piperidine rings is 1. The first-order valence-corrected chi connectivity index (χ1v) is 8.25. The predicted molar refractivity (Wildman–Crippen MR) is 84.5 cm³/mol. The summed E-state index contributed by atoms with van der Waals surface area (Å²) in [6.45, 7) is 9.12. The van der Waals surface area contributed by atoms with Gasteiger partial charge < -0.3 is 5.11 Å². The van der Waals surface area contributed by atoms with Crippen molar-refractivity contribution in [1.29, 1.82) is 0 Å². The van der Waals surface area contributed by atoms with Gasteiger partial charge in [0.25, 0.3) is 0 Å². The molecule has 0 saturated carbocycles. The molecular formula is C15H25N7O. The topological polar surface area (TPSA) is 84.9 Å². The summed E-state index contributed by atoms with van der Waals surface area (Å²) in [4.78, 5) is 6.54. The molecule has 3 heterocycles. The van der Waals surface area contributed by atoms with Crippen molar-refractivity contribution < 1.29 is 5.11 Å². The minimum atomic E-state index is -0.942. The SMILES string of the molecule is CCn1ncnc1CN1CCC[C@](O)(c2cn(C(C)C)nn2)C1. The molecule has 0 aliphatic carbocycles. The lowest BCUT2D eigenvalue weighted by Gasteiger charge is -2.37. The van der Waals surface area contributed by atoms with Crippen molar-refractivity contribution >= 4 is 0 Å². The van der Waals surface area contributed by atoms with Crippen LogP contribution < -0.4 is 0 Å². The average Bonchev–Trinajstić information content (AvgIpc) is 3.16. The first-order chi connectivity index (χ1) is 11.0. The van der Waals surface area contributed by atoms with Crippen LogP contribution in [0.4, 0.5) is 0 Å². The Bertz CT molecular complexity index is 650. The minimum absolute atomic E-state index is 0.239. The van der Waals surface area contributed by atoms with Gasteiger partial charge in [-0.1, -0.05) is 5.21 Å². The van der Waals surface area contributed by atoms with E-state index in [9.17, 15) is 5.11 Å². The lowest BCUT2D eigenvalue weighted by atomic mass is 9.90. The summed E-state index contributed by atoms with van der Waals surface area (Å²) in [5, 5.41) is 23.6. The van der Waals surface area contributed by atoms with Crippen LogP contribution in [0.5, 0.6) is 0 Å². The van der Waals surface area contributed by atoms with E-state index in [1.807, 2.05) is 24.7 Å². The maximum Gasteiger partial charge on any atom is 0.140 e. The summed E-state index contributed by atoms with van der Waals surface area (Å²) in [5.74, 6) is 0.933. The maximum atomic E-state index is 11.1. The molecule has 0 spiro atoms. The van der Waals surface area contributed by atoms with E-state index < -0.39 is 5.60 Å². The highest BCUT2D eigenvalue weighted by molar-refractivity contribution is 5.10. The molecule has 1 N–H and O–H groups in total.